The zero-order chi connectivity index (χ0) is 25.0. The fourth-order valence-electron chi connectivity index (χ4n) is 3.20. The van der Waals surface area contributed by atoms with E-state index in [1.807, 2.05) is 50.2 Å². The first-order chi connectivity index (χ1) is 16.0. The minimum absolute atomic E-state index is 0.143. The summed E-state index contributed by atoms with van der Waals surface area (Å²) in [6, 6.07) is 15.6. The van der Waals surface area contributed by atoms with Gasteiger partial charge in [0.2, 0.25) is 5.91 Å². The molecule has 3 aromatic rings. The second-order valence-corrected chi connectivity index (χ2v) is 10.1. The number of benzene rings is 2. The molecule has 0 atom stereocenters. The average molecular weight is 502 g/mol. The van der Waals surface area contributed by atoms with E-state index in [4.69, 9.17) is 28.3 Å². The van der Waals surface area contributed by atoms with Crippen LogP contribution >= 0.6 is 23.2 Å². The molecule has 0 saturated carbocycles. The molecule has 0 fully saturated rings. The quantitative estimate of drug-likeness (QED) is 0.412. The Labute approximate surface area is 210 Å². The molecule has 0 radical (unpaired) electrons. The van der Waals surface area contributed by atoms with E-state index in [1.165, 1.54) is 4.90 Å². The molecule has 0 saturated heterocycles. The summed E-state index contributed by atoms with van der Waals surface area (Å²) < 4.78 is 1.70. The molecule has 0 aliphatic heterocycles. The molecule has 0 aliphatic carbocycles. The van der Waals surface area contributed by atoms with Crippen LogP contribution in [-0.2, 0) is 10.2 Å². The Morgan fingerprint density at radius 2 is 1.68 bits per heavy atom. The van der Waals surface area contributed by atoms with E-state index in [1.54, 1.807) is 22.9 Å². The third kappa shape index (κ3) is 6.30. The molecule has 2 aromatic carbocycles. The summed E-state index contributed by atoms with van der Waals surface area (Å²) in [6.45, 7) is 9.72. The Morgan fingerprint density at radius 1 is 1.00 bits per heavy atom. The maximum atomic E-state index is 13.0. The van der Waals surface area contributed by atoms with E-state index >= 15 is 0 Å². The molecule has 3 amide bonds. The van der Waals surface area contributed by atoms with Crippen molar-refractivity contribution in [3.8, 4) is 5.69 Å². The Morgan fingerprint density at radius 3 is 2.26 bits per heavy atom. The van der Waals surface area contributed by atoms with E-state index in [2.05, 4.69) is 31.4 Å². The van der Waals surface area contributed by atoms with Gasteiger partial charge in [0.1, 0.15) is 12.4 Å². The highest BCUT2D eigenvalue weighted by Crippen LogP contribution is 2.27. The first kappa shape index (κ1) is 25.6. The highest BCUT2D eigenvalue weighted by molar-refractivity contribution is 6.42. The summed E-state index contributed by atoms with van der Waals surface area (Å²) in [5.74, 6) is 0.199. The van der Waals surface area contributed by atoms with Gasteiger partial charge in [-0.15, -0.1) is 0 Å². The van der Waals surface area contributed by atoms with Crippen LogP contribution in [0.2, 0.25) is 10.0 Å². The molecular weight excluding hydrogens is 473 g/mol. The normalized spacial score (nSPS) is 11.4. The smallest absolute Gasteiger partial charge is 0.313 e. The molecule has 34 heavy (non-hydrogen) atoms. The van der Waals surface area contributed by atoms with Gasteiger partial charge in [-0.1, -0.05) is 62.2 Å². The van der Waals surface area contributed by atoms with Crippen LogP contribution in [0.4, 0.5) is 16.3 Å². The second-order valence-electron chi connectivity index (χ2n) is 9.24. The Kier molecular flexibility index (Phi) is 7.89. The predicted molar refractivity (Wildman–Crippen MR) is 138 cm³/mol. The second kappa shape index (κ2) is 10.5. The monoisotopic (exact) mass is 501 g/mol. The minimum Gasteiger partial charge on any atom is -0.313 e. The molecule has 0 spiro atoms. The van der Waals surface area contributed by atoms with Crippen molar-refractivity contribution in [2.24, 2.45) is 0 Å². The predicted octanol–water partition coefficient (Wildman–Crippen LogP) is 6.36. The summed E-state index contributed by atoms with van der Waals surface area (Å²) in [7, 11) is 0. The highest BCUT2D eigenvalue weighted by atomic mass is 35.5. The van der Waals surface area contributed by atoms with Gasteiger partial charge in [0.25, 0.3) is 0 Å². The number of para-hydroxylation sites is 1. The van der Waals surface area contributed by atoms with Crippen molar-refractivity contribution in [2.45, 2.75) is 46.1 Å². The third-order valence-electron chi connectivity index (χ3n) is 5.12. The van der Waals surface area contributed by atoms with Gasteiger partial charge in [-0.2, -0.15) is 5.10 Å². The molecule has 3 rings (SSSR count). The molecule has 1 aromatic heterocycles. The number of aromatic nitrogens is 2. The van der Waals surface area contributed by atoms with Crippen LogP contribution in [0.5, 0.6) is 0 Å². The van der Waals surface area contributed by atoms with Gasteiger partial charge in [0.15, 0.2) is 0 Å². The fourth-order valence-corrected chi connectivity index (χ4v) is 3.50. The van der Waals surface area contributed by atoms with Crippen molar-refractivity contribution in [1.29, 1.82) is 0 Å². The van der Waals surface area contributed by atoms with Crippen LogP contribution in [-0.4, -0.2) is 39.2 Å². The van der Waals surface area contributed by atoms with Gasteiger partial charge in [0.05, 0.1) is 21.4 Å². The van der Waals surface area contributed by atoms with Gasteiger partial charge >= 0.3 is 6.03 Å². The van der Waals surface area contributed by atoms with Gasteiger partial charge < -0.3 is 15.5 Å². The molecule has 0 bridgehead atoms. The lowest BCUT2D eigenvalue weighted by Gasteiger charge is -2.26. The third-order valence-corrected chi connectivity index (χ3v) is 5.85. The van der Waals surface area contributed by atoms with Crippen LogP contribution < -0.4 is 10.6 Å². The van der Waals surface area contributed by atoms with Crippen LogP contribution in [0.3, 0.4) is 0 Å². The van der Waals surface area contributed by atoms with Crippen molar-refractivity contribution in [3.05, 3.63) is 70.3 Å². The zero-order valence-corrected chi connectivity index (χ0v) is 21.4. The molecule has 0 aliphatic rings. The fraction of sp³-hybridized carbons (Fsp3) is 0.320. The molecule has 180 valence electrons. The Hall–Kier alpha value is -3.03. The molecule has 9 heteroatoms. The summed E-state index contributed by atoms with van der Waals surface area (Å²) in [6.07, 6.45) is 0. The van der Waals surface area contributed by atoms with Crippen molar-refractivity contribution >= 4 is 46.6 Å². The van der Waals surface area contributed by atoms with Crippen molar-refractivity contribution in [3.63, 3.8) is 0 Å². The number of nitrogens with one attached hydrogen (secondary N) is 2. The first-order valence-corrected chi connectivity index (χ1v) is 11.7. The van der Waals surface area contributed by atoms with E-state index < -0.39 is 6.03 Å². The van der Waals surface area contributed by atoms with Gasteiger partial charge in [-0.3, -0.25) is 4.79 Å². The van der Waals surface area contributed by atoms with Crippen LogP contribution in [0.15, 0.2) is 54.6 Å². The molecule has 0 unspecified atom stereocenters. The SMILES string of the molecule is CC(C)N(CC(=O)Nc1cc(C(C)(C)C)nn1-c1ccccc1)C(=O)Nc1ccc(Cl)c(Cl)c1. The topological polar surface area (TPSA) is 79.3 Å². The summed E-state index contributed by atoms with van der Waals surface area (Å²) >= 11 is 12.0. The minimum atomic E-state index is -0.421. The maximum Gasteiger partial charge on any atom is 0.322 e. The number of hydrogen-bond acceptors (Lipinski definition) is 3. The Bertz CT molecular complexity index is 1170. The summed E-state index contributed by atoms with van der Waals surface area (Å²) in [5.41, 5.74) is 1.95. The van der Waals surface area contributed by atoms with Crippen molar-refractivity contribution in [2.75, 3.05) is 17.2 Å². The molecule has 2 N–H and O–H groups in total. The van der Waals surface area contributed by atoms with Gasteiger partial charge in [-0.05, 0) is 44.2 Å². The standard InChI is InChI=1S/C25H29Cl2N5O2/c1-16(2)31(24(34)28-17-11-12-19(26)20(27)13-17)15-23(33)29-22-14-21(25(3,4)5)30-32(22)18-9-7-6-8-10-18/h6-14,16H,15H2,1-5H3,(H,28,34)(H,29,33). The number of halogens is 2. The number of rotatable bonds is 6. The number of carbonyl (C=O) groups is 2. The summed E-state index contributed by atoms with van der Waals surface area (Å²) in [5, 5.41) is 11.1. The number of hydrogen-bond donors (Lipinski definition) is 2. The maximum absolute atomic E-state index is 13.0. The number of nitrogens with zero attached hydrogens (tertiary/aromatic N) is 3. The molecule has 7 nitrogen and oxygen atoms in total. The van der Waals surface area contributed by atoms with Crippen LogP contribution in [0.1, 0.15) is 40.3 Å². The number of urea groups is 1. The first-order valence-electron chi connectivity index (χ1n) is 10.9. The lowest BCUT2D eigenvalue weighted by atomic mass is 9.92. The van der Waals surface area contributed by atoms with Crippen LogP contribution in [0, 0.1) is 0 Å². The van der Waals surface area contributed by atoms with Crippen molar-refractivity contribution < 1.29 is 9.59 Å². The lowest BCUT2D eigenvalue weighted by molar-refractivity contribution is -0.117. The van der Waals surface area contributed by atoms with E-state index in [0.717, 1.165) is 11.4 Å². The number of amides is 3. The van der Waals surface area contributed by atoms with Gasteiger partial charge in [0, 0.05) is 23.2 Å². The van der Waals surface area contributed by atoms with E-state index in [0.29, 0.717) is 21.6 Å². The summed E-state index contributed by atoms with van der Waals surface area (Å²) in [4.78, 5) is 27.4. The van der Waals surface area contributed by atoms with Gasteiger partial charge in [-0.25, -0.2) is 9.48 Å². The number of carbonyl (C=O) groups excluding carboxylic acids is 2. The zero-order valence-electron chi connectivity index (χ0n) is 19.9. The van der Waals surface area contributed by atoms with E-state index in [-0.39, 0.29) is 23.9 Å². The lowest BCUT2D eigenvalue weighted by Crippen LogP contribution is -2.44. The number of anilines is 2. The molecular formula is C25H29Cl2N5O2. The highest BCUT2D eigenvalue weighted by Gasteiger charge is 2.24. The Balaban J connectivity index is 1.79. The molecule has 1 heterocycles. The van der Waals surface area contributed by atoms with Crippen LogP contribution in [0.25, 0.3) is 5.69 Å². The van der Waals surface area contributed by atoms with Crippen molar-refractivity contribution in [1.82, 2.24) is 14.7 Å². The average Bonchev–Trinajstić information content (AvgIpc) is 3.19. The largest absolute Gasteiger partial charge is 0.322 e. The van der Waals surface area contributed by atoms with E-state index in [9.17, 15) is 9.59 Å².